The summed E-state index contributed by atoms with van der Waals surface area (Å²) in [5.41, 5.74) is 7.29. The molecule has 0 atom stereocenters. The number of hydrogen-bond donors (Lipinski definition) is 1. The Morgan fingerprint density at radius 2 is 1.03 bits per heavy atom. The summed E-state index contributed by atoms with van der Waals surface area (Å²) in [5, 5.41) is 10.9. The highest BCUT2D eigenvalue weighted by Crippen LogP contribution is 2.40. The van der Waals surface area contributed by atoms with Crippen molar-refractivity contribution in [1.82, 2.24) is 0 Å². The molecule has 1 nitrogen and oxygen atoms in total. The van der Waals surface area contributed by atoms with E-state index in [2.05, 4.69) is 96.1 Å². The molecule has 0 aliphatic rings. The van der Waals surface area contributed by atoms with E-state index in [0.29, 0.717) is 5.75 Å². The van der Waals surface area contributed by atoms with Crippen LogP contribution in [0.2, 0.25) is 0 Å². The minimum atomic E-state index is 0.162. The van der Waals surface area contributed by atoms with Crippen LogP contribution in [0.15, 0.2) is 66.7 Å². The number of hydrogen-bond acceptors (Lipinski definition) is 1. The topological polar surface area (TPSA) is 20.2 Å². The second kappa shape index (κ2) is 11.9. The molecule has 0 heterocycles. The summed E-state index contributed by atoms with van der Waals surface area (Å²) in [6.07, 6.45) is 10.0. The van der Waals surface area contributed by atoms with Gasteiger partial charge in [0.1, 0.15) is 5.75 Å². The molecule has 0 amide bonds. The zero-order valence-electron chi connectivity index (χ0n) is 23.0. The molecule has 3 aromatic rings. The number of aromatic hydroxyl groups is 1. The lowest BCUT2D eigenvalue weighted by atomic mass is 9.79. The van der Waals surface area contributed by atoms with Crippen molar-refractivity contribution in [3.8, 4) is 28.0 Å². The molecule has 3 rings (SSSR count). The highest BCUT2D eigenvalue weighted by Gasteiger charge is 2.22. The van der Waals surface area contributed by atoms with Gasteiger partial charge in [0.15, 0.2) is 0 Å². The monoisotopic (exact) mass is 470 g/mol. The third kappa shape index (κ3) is 6.78. The predicted molar refractivity (Wildman–Crippen MR) is 153 cm³/mol. The molecular formula is C34H46O. The summed E-state index contributed by atoms with van der Waals surface area (Å²) in [6.45, 7) is 13.9. The normalized spacial score (nSPS) is 12.2. The van der Waals surface area contributed by atoms with Gasteiger partial charge < -0.3 is 5.11 Å². The standard InChI is InChI=1S/C34H46O/c1-7-9-11-24-33(3,4)28-20-16-26(17-21-28)30-14-13-15-31(35)32(30)27-18-22-29(23-19-27)34(5,6)25-12-10-8-2/h13-23,35H,7-12,24-25H2,1-6H3. The zero-order chi connectivity index (χ0) is 25.5. The maximum absolute atomic E-state index is 10.9. The van der Waals surface area contributed by atoms with Crippen LogP contribution in [0.4, 0.5) is 0 Å². The van der Waals surface area contributed by atoms with Crippen LogP contribution in [0, 0.1) is 0 Å². The van der Waals surface area contributed by atoms with Crippen molar-refractivity contribution in [2.45, 2.75) is 104 Å². The van der Waals surface area contributed by atoms with Gasteiger partial charge in [0, 0.05) is 5.56 Å². The lowest BCUT2D eigenvalue weighted by Gasteiger charge is -2.26. The second-order valence-corrected chi connectivity index (χ2v) is 11.5. The molecular weight excluding hydrogens is 424 g/mol. The van der Waals surface area contributed by atoms with Crippen molar-refractivity contribution in [3.05, 3.63) is 77.9 Å². The van der Waals surface area contributed by atoms with Crippen LogP contribution in [0.3, 0.4) is 0 Å². The van der Waals surface area contributed by atoms with E-state index in [0.717, 1.165) is 22.3 Å². The van der Waals surface area contributed by atoms with E-state index in [1.807, 2.05) is 6.07 Å². The van der Waals surface area contributed by atoms with Gasteiger partial charge in [0.2, 0.25) is 0 Å². The van der Waals surface area contributed by atoms with Crippen molar-refractivity contribution in [1.29, 1.82) is 0 Å². The molecule has 0 unspecified atom stereocenters. The summed E-state index contributed by atoms with van der Waals surface area (Å²) >= 11 is 0. The van der Waals surface area contributed by atoms with Crippen LogP contribution in [0.5, 0.6) is 5.75 Å². The van der Waals surface area contributed by atoms with Crippen molar-refractivity contribution in [2.75, 3.05) is 0 Å². The first kappa shape index (κ1) is 27.1. The highest BCUT2D eigenvalue weighted by atomic mass is 16.3. The summed E-state index contributed by atoms with van der Waals surface area (Å²) in [6, 6.07) is 23.7. The van der Waals surface area contributed by atoms with Crippen LogP contribution < -0.4 is 0 Å². The quantitative estimate of drug-likeness (QED) is 0.261. The van der Waals surface area contributed by atoms with Gasteiger partial charge in [-0.2, -0.15) is 0 Å². The number of phenolic OH excluding ortho intramolecular Hbond substituents is 1. The van der Waals surface area contributed by atoms with E-state index < -0.39 is 0 Å². The fourth-order valence-electron chi connectivity index (χ4n) is 5.20. The van der Waals surface area contributed by atoms with Gasteiger partial charge in [-0.25, -0.2) is 0 Å². The molecule has 3 aromatic carbocycles. The Morgan fingerprint density at radius 1 is 0.571 bits per heavy atom. The van der Waals surface area contributed by atoms with E-state index in [-0.39, 0.29) is 10.8 Å². The third-order valence-corrected chi connectivity index (χ3v) is 7.79. The van der Waals surface area contributed by atoms with Gasteiger partial charge in [-0.1, -0.05) is 141 Å². The van der Waals surface area contributed by atoms with Crippen LogP contribution in [-0.4, -0.2) is 5.11 Å². The molecule has 188 valence electrons. The van der Waals surface area contributed by atoms with Gasteiger partial charge in [0.25, 0.3) is 0 Å². The molecule has 0 fully saturated rings. The van der Waals surface area contributed by atoms with Gasteiger partial charge in [-0.15, -0.1) is 0 Å². The van der Waals surface area contributed by atoms with E-state index >= 15 is 0 Å². The van der Waals surface area contributed by atoms with E-state index in [4.69, 9.17) is 0 Å². The molecule has 1 heteroatoms. The summed E-state index contributed by atoms with van der Waals surface area (Å²) in [7, 11) is 0. The van der Waals surface area contributed by atoms with Gasteiger partial charge in [-0.05, 0) is 57.6 Å². The first-order valence-electron chi connectivity index (χ1n) is 13.7. The van der Waals surface area contributed by atoms with Gasteiger partial charge >= 0.3 is 0 Å². The Balaban J connectivity index is 1.88. The highest BCUT2D eigenvalue weighted by molar-refractivity contribution is 5.87. The Labute approximate surface area is 214 Å². The lowest BCUT2D eigenvalue weighted by molar-refractivity contribution is 0.450. The van der Waals surface area contributed by atoms with Crippen LogP contribution >= 0.6 is 0 Å². The Morgan fingerprint density at radius 3 is 1.49 bits per heavy atom. The molecule has 0 spiro atoms. The van der Waals surface area contributed by atoms with Crippen molar-refractivity contribution < 1.29 is 5.11 Å². The van der Waals surface area contributed by atoms with Crippen molar-refractivity contribution in [2.24, 2.45) is 0 Å². The summed E-state index contributed by atoms with van der Waals surface area (Å²) < 4.78 is 0. The number of rotatable bonds is 12. The summed E-state index contributed by atoms with van der Waals surface area (Å²) in [5.74, 6) is 0.335. The average molecular weight is 471 g/mol. The first-order valence-corrected chi connectivity index (χ1v) is 13.7. The van der Waals surface area contributed by atoms with E-state index in [1.165, 1.54) is 62.5 Å². The van der Waals surface area contributed by atoms with Gasteiger partial charge in [0.05, 0.1) is 0 Å². The molecule has 0 aromatic heterocycles. The van der Waals surface area contributed by atoms with Gasteiger partial charge in [-0.3, -0.25) is 0 Å². The zero-order valence-corrected chi connectivity index (χ0v) is 23.0. The minimum Gasteiger partial charge on any atom is -0.507 e. The Kier molecular flexibility index (Phi) is 9.22. The van der Waals surface area contributed by atoms with E-state index in [9.17, 15) is 5.11 Å². The number of phenols is 1. The average Bonchev–Trinajstić information content (AvgIpc) is 2.84. The Bertz CT molecular complexity index is 1050. The molecule has 35 heavy (non-hydrogen) atoms. The largest absolute Gasteiger partial charge is 0.507 e. The SMILES string of the molecule is CCCCCC(C)(C)c1ccc(-c2cccc(O)c2-c2ccc(C(C)(C)CCCCC)cc2)cc1. The van der Waals surface area contributed by atoms with E-state index in [1.54, 1.807) is 6.07 Å². The molecule has 0 bridgehead atoms. The third-order valence-electron chi connectivity index (χ3n) is 7.79. The minimum absolute atomic E-state index is 0.162. The smallest absolute Gasteiger partial charge is 0.124 e. The fourth-order valence-corrected chi connectivity index (χ4v) is 5.20. The second-order valence-electron chi connectivity index (χ2n) is 11.5. The maximum atomic E-state index is 10.9. The predicted octanol–water partition coefficient (Wildman–Crippen LogP) is 10.4. The van der Waals surface area contributed by atoms with Crippen molar-refractivity contribution in [3.63, 3.8) is 0 Å². The molecule has 0 saturated carbocycles. The number of unbranched alkanes of at least 4 members (excludes halogenated alkanes) is 4. The van der Waals surface area contributed by atoms with Crippen LogP contribution in [0.1, 0.15) is 104 Å². The molecule has 0 aliphatic carbocycles. The van der Waals surface area contributed by atoms with Crippen LogP contribution in [0.25, 0.3) is 22.3 Å². The van der Waals surface area contributed by atoms with Crippen LogP contribution in [-0.2, 0) is 10.8 Å². The maximum Gasteiger partial charge on any atom is 0.124 e. The number of benzene rings is 3. The Hall–Kier alpha value is -2.54. The van der Waals surface area contributed by atoms with Crippen molar-refractivity contribution >= 4 is 0 Å². The first-order chi connectivity index (χ1) is 16.7. The summed E-state index contributed by atoms with van der Waals surface area (Å²) in [4.78, 5) is 0. The molecule has 0 radical (unpaired) electrons. The lowest BCUT2D eigenvalue weighted by Crippen LogP contribution is -2.16. The molecule has 0 saturated heterocycles. The molecule has 0 aliphatic heterocycles. The fraction of sp³-hybridized carbons (Fsp3) is 0.471. The molecule has 1 N–H and O–H groups in total.